The van der Waals surface area contributed by atoms with Gasteiger partial charge in [0.15, 0.2) is 6.29 Å². The summed E-state index contributed by atoms with van der Waals surface area (Å²) in [5, 5.41) is 54.7. The quantitative estimate of drug-likeness (QED) is 0.0261. The first-order valence-corrected chi connectivity index (χ1v) is 34.5. The minimum absolute atomic E-state index is 0.187. The van der Waals surface area contributed by atoms with Crippen molar-refractivity contribution in [3.05, 3.63) is 60.8 Å². The molecule has 6 N–H and O–H groups in total. The Labute approximate surface area is 494 Å². The van der Waals surface area contributed by atoms with E-state index in [1.54, 1.807) is 6.08 Å². The number of hydrogen-bond acceptors (Lipinski definition) is 8. The number of carbonyl (C=O) groups is 1. The number of aliphatic hydroxyl groups is 5. The largest absolute Gasteiger partial charge is 0.394 e. The first kappa shape index (κ1) is 75.9. The second kappa shape index (κ2) is 60.0. The van der Waals surface area contributed by atoms with E-state index in [0.29, 0.717) is 6.42 Å². The van der Waals surface area contributed by atoms with Crippen molar-refractivity contribution in [3.63, 3.8) is 0 Å². The van der Waals surface area contributed by atoms with Crippen LogP contribution in [-0.2, 0) is 14.3 Å². The normalized spacial score (nSPS) is 18.8. The molecular formula is C71H131NO8. The highest BCUT2D eigenvalue weighted by molar-refractivity contribution is 5.76. The van der Waals surface area contributed by atoms with Crippen molar-refractivity contribution in [1.82, 2.24) is 5.32 Å². The van der Waals surface area contributed by atoms with Crippen LogP contribution < -0.4 is 5.32 Å². The summed E-state index contributed by atoms with van der Waals surface area (Å²) in [5.41, 5.74) is 0. The molecule has 0 saturated carbocycles. The van der Waals surface area contributed by atoms with E-state index in [4.69, 9.17) is 9.47 Å². The van der Waals surface area contributed by atoms with E-state index >= 15 is 0 Å². The third-order valence-electron chi connectivity index (χ3n) is 16.3. The van der Waals surface area contributed by atoms with Crippen LogP contribution in [0.3, 0.4) is 0 Å². The maximum absolute atomic E-state index is 13.1. The topological polar surface area (TPSA) is 149 Å². The van der Waals surface area contributed by atoms with Gasteiger partial charge in [-0.1, -0.05) is 306 Å². The summed E-state index contributed by atoms with van der Waals surface area (Å²) in [7, 11) is 0. The Morgan fingerprint density at radius 1 is 0.425 bits per heavy atom. The van der Waals surface area contributed by atoms with Crippen molar-refractivity contribution in [2.45, 2.75) is 371 Å². The number of carbonyl (C=O) groups excluding carboxylic acids is 1. The number of amides is 1. The van der Waals surface area contributed by atoms with Gasteiger partial charge in [0.25, 0.3) is 0 Å². The fourth-order valence-electron chi connectivity index (χ4n) is 10.9. The number of nitrogens with one attached hydrogen (secondary N) is 1. The average molecular weight is 1130 g/mol. The highest BCUT2D eigenvalue weighted by Crippen LogP contribution is 2.23. The molecule has 1 aliphatic rings. The predicted octanol–water partition coefficient (Wildman–Crippen LogP) is 18.6. The molecule has 1 fully saturated rings. The van der Waals surface area contributed by atoms with Gasteiger partial charge >= 0.3 is 0 Å². The fourth-order valence-corrected chi connectivity index (χ4v) is 10.9. The maximum atomic E-state index is 13.1. The number of ether oxygens (including phenoxy) is 2. The van der Waals surface area contributed by atoms with Crippen LogP contribution >= 0.6 is 0 Å². The molecule has 1 heterocycles. The molecule has 9 nitrogen and oxygen atoms in total. The minimum Gasteiger partial charge on any atom is -0.394 e. The van der Waals surface area contributed by atoms with Crippen LogP contribution in [-0.4, -0.2) is 87.5 Å². The molecular weight excluding hydrogens is 995 g/mol. The Kier molecular flexibility index (Phi) is 57.0. The molecule has 7 unspecified atom stereocenters. The molecule has 80 heavy (non-hydrogen) atoms. The number of aliphatic hydroxyl groups excluding tert-OH is 5. The van der Waals surface area contributed by atoms with Gasteiger partial charge in [-0.2, -0.15) is 0 Å². The van der Waals surface area contributed by atoms with Gasteiger partial charge in [0.05, 0.1) is 25.4 Å². The lowest BCUT2D eigenvalue weighted by Gasteiger charge is -2.40. The van der Waals surface area contributed by atoms with Crippen molar-refractivity contribution in [1.29, 1.82) is 0 Å². The summed E-state index contributed by atoms with van der Waals surface area (Å²) in [6, 6.07) is -0.831. The molecule has 1 saturated heterocycles. The van der Waals surface area contributed by atoms with Crippen LogP contribution in [0.25, 0.3) is 0 Å². The standard InChI is InChI=1S/C71H131NO8/c1-3-5-7-9-11-13-15-17-19-21-23-25-27-29-31-33-35-37-39-41-43-45-47-49-51-53-55-57-59-61-67(75)72-64(63-79-71-70(78)69(77)68(76)66(62-73)80-71)65(74)60-58-56-54-52-50-48-46-44-42-40-38-36-34-32-30-28-26-24-22-20-18-16-14-12-10-8-6-4-2/h15,17,21,23,42,44,50,52,58,60,64-66,68-71,73-74,76-78H,3-14,16,18-20,22,24-41,43,45-49,51,53-57,59,61-63H2,1-2H3,(H,72,75)/b17-15-,23-21-,44-42+,52-50+,60-58+. The molecule has 7 atom stereocenters. The summed E-state index contributed by atoms with van der Waals surface area (Å²) in [5.74, 6) is -0.187. The number of unbranched alkanes of at least 4 members (excludes halogenated alkanes) is 42. The van der Waals surface area contributed by atoms with E-state index in [1.165, 1.54) is 257 Å². The van der Waals surface area contributed by atoms with E-state index in [9.17, 15) is 30.3 Å². The Balaban J connectivity index is 2.17. The fraction of sp³-hybridized carbons (Fsp3) is 0.845. The van der Waals surface area contributed by atoms with Crippen molar-refractivity contribution in [3.8, 4) is 0 Å². The summed E-state index contributed by atoms with van der Waals surface area (Å²) < 4.78 is 11.3. The van der Waals surface area contributed by atoms with Crippen LogP contribution in [0, 0.1) is 0 Å². The third-order valence-corrected chi connectivity index (χ3v) is 16.3. The average Bonchev–Trinajstić information content (AvgIpc) is 3.46. The zero-order valence-electron chi connectivity index (χ0n) is 52.3. The van der Waals surface area contributed by atoms with E-state index < -0.39 is 49.5 Å². The van der Waals surface area contributed by atoms with Crippen molar-refractivity contribution in [2.75, 3.05) is 13.2 Å². The van der Waals surface area contributed by atoms with Gasteiger partial charge < -0.3 is 40.3 Å². The minimum atomic E-state index is -1.58. The molecule has 1 aliphatic heterocycles. The SMILES string of the molecule is CCCCCCC/C=C\C/C=C\CCCCCCCCCCCCCCCCCCCC(=O)NC(COC1OC(CO)C(O)C(O)C1O)C(O)/C=C/CC/C=C/CC/C=C/CCCCCCCCCCCCCCCCCCCC. The zero-order chi connectivity index (χ0) is 57.9. The smallest absolute Gasteiger partial charge is 0.220 e. The van der Waals surface area contributed by atoms with Gasteiger partial charge in [0.1, 0.15) is 24.4 Å². The van der Waals surface area contributed by atoms with Gasteiger partial charge in [0.2, 0.25) is 5.91 Å². The van der Waals surface area contributed by atoms with E-state index in [2.05, 4.69) is 67.8 Å². The van der Waals surface area contributed by atoms with Gasteiger partial charge in [-0.3, -0.25) is 4.79 Å². The van der Waals surface area contributed by atoms with Crippen LogP contribution in [0.5, 0.6) is 0 Å². The Morgan fingerprint density at radius 2 is 0.750 bits per heavy atom. The Morgan fingerprint density at radius 3 is 1.12 bits per heavy atom. The monoisotopic (exact) mass is 1130 g/mol. The van der Waals surface area contributed by atoms with Gasteiger partial charge in [0, 0.05) is 6.42 Å². The van der Waals surface area contributed by atoms with E-state index in [1.807, 2.05) is 6.08 Å². The first-order valence-electron chi connectivity index (χ1n) is 34.5. The highest BCUT2D eigenvalue weighted by Gasteiger charge is 2.44. The van der Waals surface area contributed by atoms with E-state index in [-0.39, 0.29) is 12.5 Å². The number of rotatable bonds is 60. The van der Waals surface area contributed by atoms with Gasteiger partial charge in [-0.05, 0) is 77.0 Å². The summed E-state index contributed by atoms with van der Waals surface area (Å²) in [4.78, 5) is 13.1. The van der Waals surface area contributed by atoms with E-state index in [0.717, 1.165) is 51.4 Å². The molecule has 9 heteroatoms. The molecule has 0 spiro atoms. The summed E-state index contributed by atoms with van der Waals surface area (Å²) in [6.45, 7) is 3.79. The molecule has 0 bridgehead atoms. The molecule has 0 aromatic heterocycles. The second-order valence-electron chi connectivity index (χ2n) is 24.0. The lowest BCUT2D eigenvalue weighted by molar-refractivity contribution is -0.302. The molecule has 0 aliphatic carbocycles. The lowest BCUT2D eigenvalue weighted by atomic mass is 9.99. The summed E-state index contributed by atoms with van der Waals surface area (Å²) in [6.07, 6.45) is 76.1. The second-order valence-corrected chi connectivity index (χ2v) is 24.0. The van der Waals surface area contributed by atoms with Crippen LogP contribution in [0.1, 0.15) is 328 Å². The first-order chi connectivity index (χ1) is 39.3. The van der Waals surface area contributed by atoms with Crippen LogP contribution in [0.2, 0.25) is 0 Å². The molecule has 0 aromatic carbocycles. The molecule has 1 amide bonds. The van der Waals surface area contributed by atoms with Gasteiger partial charge in [-0.15, -0.1) is 0 Å². The zero-order valence-corrected chi connectivity index (χ0v) is 52.3. The van der Waals surface area contributed by atoms with Gasteiger partial charge in [-0.25, -0.2) is 0 Å². The Hall–Kier alpha value is -2.11. The predicted molar refractivity (Wildman–Crippen MR) is 341 cm³/mol. The van der Waals surface area contributed by atoms with Crippen LogP contribution in [0.4, 0.5) is 0 Å². The van der Waals surface area contributed by atoms with Crippen LogP contribution in [0.15, 0.2) is 60.8 Å². The Bertz CT molecular complexity index is 1450. The third kappa shape index (κ3) is 48.3. The van der Waals surface area contributed by atoms with Crippen molar-refractivity contribution >= 4 is 5.91 Å². The summed E-state index contributed by atoms with van der Waals surface area (Å²) >= 11 is 0. The lowest BCUT2D eigenvalue weighted by Crippen LogP contribution is -2.60. The maximum Gasteiger partial charge on any atom is 0.220 e. The molecule has 1 rings (SSSR count). The highest BCUT2D eigenvalue weighted by atomic mass is 16.7. The molecule has 0 radical (unpaired) electrons. The number of allylic oxidation sites excluding steroid dienone is 9. The van der Waals surface area contributed by atoms with Crippen molar-refractivity contribution in [2.24, 2.45) is 0 Å². The molecule has 0 aromatic rings. The molecule has 468 valence electrons. The van der Waals surface area contributed by atoms with Crippen molar-refractivity contribution < 1.29 is 39.8 Å². The number of hydrogen-bond donors (Lipinski definition) is 6.